The monoisotopic (exact) mass is 214 g/mol. The van der Waals surface area contributed by atoms with Gasteiger partial charge < -0.3 is 10.6 Å². The van der Waals surface area contributed by atoms with Gasteiger partial charge >= 0.3 is 0 Å². The van der Waals surface area contributed by atoms with Gasteiger partial charge in [-0.3, -0.25) is 4.79 Å². The molecule has 0 spiro atoms. The van der Waals surface area contributed by atoms with Gasteiger partial charge in [-0.2, -0.15) is 0 Å². The summed E-state index contributed by atoms with van der Waals surface area (Å²) in [6.07, 6.45) is 5.57. The van der Waals surface area contributed by atoms with Crippen LogP contribution in [0.4, 0.5) is 0 Å². The molecule has 0 bridgehead atoms. The van der Waals surface area contributed by atoms with Crippen molar-refractivity contribution in [3.8, 4) is 0 Å². The van der Waals surface area contributed by atoms with Crippen LogP contribution in [0, 0.1) is 5.92 Å². The number of carbonyl (C=O) groups is 1. The van der Waals surface area contributed by atoms with E-state index in [0.29, 0.717) is 17.5 Å². The van der Waals surface area contributed by atoms with Crippen LogP contribution in [-0.2, 0) is 4.79 Å². The minimum atomic E-state index is 0.0582. The molecule has 2 N–H and O–H groups in total. The molecule has 0 aromatic heterocycles. The average molecular weight is 214 g/mol. The van der Waals surface area contributed by atoms with Crippen LogP contribution in [-0.4, -0.2) is 17.6 Å². The standard InChI is InChI=1S/C10H18N2OS/c1-2-11-10(14)12-9(13)7-8-5-3-4-6-8/h8H,2-7H2,1H3,(H2,11,12,13,14). The second-order valence-corrected chi connectivity index (χ2v) is 4.17. The number of thiocarbonyl (C=S) groups is 1. The van der Waals surface area contributed by atoms with E-state index in [0.717, 1.165) is 6.54 Å². The Hall–Kier alpha value is -0.640. The van der Waals surface area contributed by atoms with Crippen molar-refractivity contribution in [2.45, 2.75) is 39.0 Å². The molecule has 80 valence electrons. The molecule has 0 atom stereocenters. The van der Waals surface area contributed by atoms with Crippen molar-refractivity contribution in [2.24, 2.45) is 5.92 Å². The third kappa shape index (κ3) is 4.05. The predicted octanol–water partition coefficient (Wildman–Crippen LogP) is 1.58. The van der Waals surface area contributed by atoms with Crippen LogP contribution in [0.2, 0.25) is 0 Å². The van der Waals surface area contributed by atoms with Crippen LogP contribution < -0.4 is 10.6 Å². The first kappa shape index (κ1) is 11.4. The van der Waals surface area contributed by atoms with Crippen molar-refractivity contribution < 1.29 is 4.79 Å². The van der Waals surface area contributed by atoms with E-state index in [-0.39, 0.29) is 5.91 Å². The van der Waals surface area contributed by atoms with E-state index in [9.17, 15) is 4.79 Å². The van der Waals surface area contributed by atoms with Gasteiger partial charge in [-0.25, -0.2) is 0 Å². The molecule has 4 heteroatoms. The number of hydrogen-bond donors (Lipinski definition) is 2. The predicted molar refractivity (Wildman–Crippen MR) is 61.0 cm³/mol. The maximum absolute atomic E-state index is 11.4. The molecule has 0 heterocycles. The molecule has 0 aliphatic heterocycles. The Bertz CT molecular complexity index is 212. The van der Waals surface area contributed by atoms with Crippen LogP contribution >= 0.6 is 12.2 Å². The SMILES string of the molecule is CCNC(=S)NC(=O)CC1CCCC1. The second-order valence-electron chi connectivity index (χ2n) is 3.76. The van der Waals surface area contributed by atoms with E-state index in [1.165, 1.54) is 25.7 Å². The van der Waals surface area contributed by atoms with Crippen LogP contribution in [0.25, 0.3) is 0 Å². The summed E-state index contributed by atoms with van der Waals surface area (Å²) >= 11 is 4.93. The highest BCUT2D eigenvalue weighted by Crippen LogP contribution is 2.27. The van der Waals surface area contributed by atoms with Crippen LogP contribution in [0.1, 0.15) is 39.0 Å². The van der Waals surface area contributed by atoms with Gasteiger partial charge in [0.1, 0.15) is 0 Å². The van der Waals surface area contributed by atoms with Gasteiger partial charge in [-0.05, 0) is 37.9 Å². The van der Waals surface area contributed by atoms with E-state index in [2.05, 4.69) is 10.6 Å². The Labute approximate surface area is 90.6 Å². The number of rotatable bonds is 3. The summed E-state index contributed by atoms with van der Waals surface area (Å²) in [5.74, 6) is 0.641. The first-order valence-electron chi connectivity index (χ1n) is 5.30. The van der Waals surface area contributed by atoms with Crippen molar-refractivity contribution in [3.05, 3.63) is 0 Å². The molecule has 0 aromatic carbocycles. The van der Waals surface area contributed by atoms with Crippen molar-refractivity contribution >= 4 is 23.2 Å². The molecule has 1 saturated carbocycles. The molecule has 0 aromatic rings. The van der Waals surface area contributed by atoms with E-state index in [1.807, 2.05) is 6.92 Å². The molecule has 0 radical (unpaired) electrons. The van der Waals surface area contributed by atoms with Crippen LogP contribution in [0.15, 0.2) is 0 Å². The zero-order valence-electron chi connectivity index (χ0n) is 8.64. The van der Waals surface area contributed by atoms with Crippen molar-refractivity contribution in [1.29, 1.82) is 0 Å². The van der Waals surface area contributed by atoms with Crippen molar-refractivity contribution in [1.82, 2.24) is 10.6 Å². The Morgan fingerprint density at radius 3 is 2.64 bits per heavy atom. The van der Waals surface area contributed by atoms with Gasteiger partial charge in [0.15, 0.2) is 5.11 Å². The topological polar surface area (TPSA) is 41.1 Å². The Morgan fingerprint density at radius 2 is 2.07 bits per heavy atom. The molecule has 3 nitrogen and oxygen atoms in total. The summed E-state index contributed by atoms with van der Waals surface area (Å²) in [6, 6.07) is 0. The van der Waals surface area contributed by atoms with E-state index < -0.39 is 0 Å². The highest BCUT2D eigenvalue weighted by atomic mass is 32.1. The number of hydrogen-bond acceptors (Lipinski definition) is 2. The van der Waals surface area contributed by atoms with E-state index in [4.69, 9.17) is 12.2 Å². The van der Waals surface area contributed by atoms with Gasteiger partial charge in [-0.1, -0.05) is 12.8 Å². The number of nitrogens with one attached hydrogen (secondary N) is 2. The molecular formula is C10H18N2OS. The first-order chi connectivity index (χ1) is 6.72. The molecule has 0 unspecified atom stereocenters. The molecule has 1 aliphatic rings. The molecular weight excluding hydrogens is 196 g/mol. The maximum atomic E-state index is 11.4. The fourth-order valence-electron chi connectivity index (χ4n) is 1.86. The number of carbonyl (C=O) groups excluding carboxylic acids is 1. The summed E-state index contributed by atoms with van der Waals surface area (Å²) in [6.45, 7) is 2.71. The summed E-state index contributed by atoms with van der Waals surface area (Å²) in [4.78, 5) is 11.4. The lowest BCUT2D eigenvalue weighted by Crippen LogP contribution is -2.39. The fourth-order valence-corrected chi connectivity index (χ4v) is 2.12. The number of amides is 1. The molecule has 0 saturated heterocycles. The lowest BCUT2D eigenvalue weighted by Gasteiger charge is -2.10. The highest BCUT2D eigenvalue weighted by Gasteiger charge is 2.18. The van der Waals surface area contributed by atoms with Gasteiger partial charge in [0.25, 0.3) is 0 Å². The minimum absolute atomic E-state index is 0.0582. The van der Waals surface area contributed by atoms with Crippen molar-refractivity contribution in [2.75, 3.05) is 6.54 Å². The zero-order chi connectivity index (χ0) is 10.4. The molecule has 1 rings (SSSR count). The highest BCUT2D eigenvalue weighted by molar-refractivity contribution is 7.80. The normalized spacial score (nSPS) is 16.6. The lowest BCUT2D eigenvalue weighted by molar-refractivity contribution is -0.120. The molecule has 1 aliphatic carbocycles. The third-order valence-corrected chi connectivity index (χ3v) is 2.79. The summed E-state index contributed by atoms with van der Waals surface area (Å²) in [5, 5.41) is 6.04. The fraction of sp³-hybridized carbons (Fsp3) is 0.800. The van der Waals surface area contributed by atoms with E-state index in [1.54, 1.807) is 0 Å². The largest absolute Gasteiger partial charge is 0.363 e. The Balaban J connectivity index is 2.17. The maximum Gasteiger partial charge on any atom is 0.226 e. The smallest absolute Gasteiger partial charge is 0.226 e. The van der Waals surface area contributed by atoms with Gasteiger partial charge in [-0.15, -0.1) is 0 Å². The van der Waals surface area contributed by atoms with Gasteiger partial charge in [0.2, 0.25) is 5.91 Å². The van der Waals surface area contributed by atoms with Gasteiger partial charge in [0.05, 0.1) is 0 Å². The summed E-state index contributed by atoms with van der Waals surface area (Å²) in [5.41, 5.74) is 0. The van der Waals surface area contributed by atoms with Crippen molar-refractivity contribution in [3.63, 3.8) is 0 Å². The lowest BCUT2D eigenvalue weighted by atomic mass is 10.0. The zero-order valence-corrected chi connectivity index (χ0v) is 9.45. The first-order valence-corrected chi connectivity index (χ1v) is 5.71. The van der Waals surface area contributed by atoms with Crippen LogP contribution in [0.3, 0.4) is 0 Å². The molecule has 1 amide bonds. The Morgan fingerprint density at radius 1 is 1.43 bits per heavy atom. The summed E-state index contributed by atoms with van der Waals surface area (Å²) < 4.78 is 0. The van der Waals surface area contributed by atoms with E-state index >= 15 is 0 Å². The molecule has 1 fully saturated rings. The average Bonchev–Trinajstić information content (AvgIpc) is 2.56. The van der Waals surface area contributed by atoms with Gasteiger partial charge in [0, 0.05) is 13.0 Å². The minimum Gasteiger partial charge on any atom is -0.363 e. The van der Waals surface area contributed by atoms with Crippen LogP contribution in [0.5, 0.6) is 0 Å². The Kier molecular flexibility index (Phi) is 4.87. The second kappa shape index (κ2) is 5.96. The quantitative estimate of drug-likeness (QED) is 0.701. The molecule has 14 heavy (non-hydrogen) atoms. The third-order valence-electron chi connectivity index (χ3n) is 2.54. The summed E-state index contributed by atoms with van der Waals surface area (Å²) in [7, 11) is 0.